The largest absolute Gasteiger partial charge is 0.464 e. The molecule has 1 aromatic heterocycles. The molecule has 0 saturated carbocycles. The summed E-state index contributed by atoms with van der Waals surface area (Å²) in [6, 6.07) is 9.57. The van der Waals surface area contributed by atoms with Crippen molar-refractivity contribution in [3.63, 3.8) is 0 Å². The van der Waals surface area contributed by atoms with Gasteiger partial charge in [0.05, 0.1) is 5.52 Å². The lowest BCUT2D eigenvalue weighted by Gasteiger charge is -2.07. The van der Waals surface area contributed by atoms with Gasteiger partial charge >= 0.3 is 0 Å². The molecule has 0 saturated heterocycles. The molecule has 2 rings (SSSR count). The third-order valence-electron chi connectivity index (χ3n) is 1.98. The lowest BCUT2D eigenvalue weighted by molar-refractivity contribution is 0.0510. The predicted octanol–water partition coefficient (Wildman–Crippen LogP) is 2.87. The first kappa shape index (κ1) is 10.2. The van der Waals surface area contributed by atoms with Gasteiger partial charge in [0.1, 0.15) is 0 Å². The molecule has 0 aliphatic heterocycles. The molecule has 0 fully saturated rings. The van der Waals surface area contributed by atoms with Gasteiger partial charge in [-0.15, -0.1) is 0 Å². The van der Waals surface area contributed by atoms with Gasteiger partial charge < -0.3 is 9.47 Å². The lowest BCUT2D eigenvalue weighted by Crippen LogP contribution is -2.00. The first-order valence-electron chi connectivity index (χ1n) is 4.48. The molecule has 78 valence electrons. The molecular formula is C11H10ClNO2. The Balaban J connectivity index is 2.43. The summed E-state index contributed by atoms with van der Waals surface area (Å²) >= 11 is 5.95. The van der Waals surface area contributed by atoms with Gasteiger partial charge in [0.2, 0.25) is 0 Å². The second-order valence-electron chi connectivity index (χ2n) is 3.02. The molecule has 0 amide bonds. The summed E-state index contributed by atoms with van der Waals surface area (Å²) < 4.78 is 10.1. The maximum absolute atomic E-state index is 5.95. The highest BCUT2D eigenvalue weighted by Crippen LogP contribution is 2.26. The second-order valence-corrected chi connectivity index (χ2v) is 3.38. The third-order valence-corrected chi connectivity index (χ3v) is 2.25. The monoisotopic (exact) mass is 223 g/mol. The van der Waals surface area contributed by atoms with Gasteiger partial charge in [-0.25, -0.2) is 4.98 Å². The quantitative estimate of drug-likeness (QED) is 0.592. The van der Waals surface area contributed by atoms with Crippen LogP contribution in [0.15, 0.2) is 30.3 Å². The van der Waals surface area contributed by atoms with Gasteiger partial charge in [-0.05, 0) is 12.1 Å². The molecule has 1 heterocycles. The standard InChI is InChI=1S/C11H10ClNO2/c1-14-7-15-10-6-8-4-2-3-5-9(8)13-11(10)12/h2-6H,7H2,1H3. The number of pyridine rings is 1. The number of halogens is 1. The number of hydrogen-bond acceptors (Lipinski definition) is 3. The van der Waals surface area contributed by atoms with Crippen LogP contribution in [0.4, 0.5) is 0 Å². The van der Waals surface area contributed by atoms with E-state index in [1.54, 1.807) is 7.11 Å². The lowest BCUT2D eigenvalue weighted by atomic mass is 10.2. The fraction of sp³-hybridized carbons (Fsp3) is 0.182. The average Bonchev–Trinajstić information content (AvgIpc) is 2.26. The van der Waals surface area contributed by atoms with Crippen molar-refractivity contribution in [1.29, 1.82) is 0 Å². The Morgan fingerprint density at radius 3 is 2.93 bits per heavy atom. The molecule has 0 aliphatic carbocycles. The topological polar surface area (TPSA) is 31.4 Å². The Morgan fingerprint density at radius 2 is 2.13 bits per heavy atom. The van der Waals surface area contributed by atoms with E-state index >= 15 is 0 Å². The van der Waals surface area contributed by atoms with E-state index in [0.717, 1.165) is 10.9 Å². The summed E-state index contributed by atoms with van der Waals surface area (Å²) in [6.07, 6.45) is 0. The fourth-order valence-electron chi connectivity index (χ4n) is 1.30. The molecule has 0 aliphatic rings. The van der Waals surface area contributed by atoms with Crippen LogP contribution in [0.5, 0.6) is 5.75 Å². The minimum Gasteiger partial charge on any atom is -0.464 e. The van der Waals surface area contributed by atoms with Gasteiger partial charge in [0.25, 0.3) is 0 Å². The molecule has 0 bridgehead atoms. The maximum atomic E-state index is 5.95. The van der Waals surface area contributed by atoms with Crippen molar-refractivity contribution in [3.8, 4) is 5.75 Å². The number of benzene rings is 1. The molecule has 4 heteroatoms. The number of fused-ring (bicyclic) bond motifs is 1. The van der Waals surface area contributed by atoms with Crippen molar-refractivity contribution >= 4 is 22.5 Å². The fourth-order valence-corrected chi connectivity index (χ4v) is 1.50. The molecule has 0 spiro atoms. The summed E-state index contributed by atoms with van der Waals surface area (Å²) in [5.41, 5.74) is 0.854. The summed E-state index contributed by atoms with van der Waals surface area (Å²) in [6.45, 7) is 0.166. The normalized spacial score (nSPS) is 10.5. The molecular weight excluding hydrogens is 214 g/mol. The van der Waals surface area contributed by atoms with Crippen molar-refractivity contribution in [2.75, 3.05) is 13.9 Å². The molecule has 2 aromatic rings. The number of hydrogen-bond donors (Lipinski definition) is 0. The summed E-state index contributed by atoms with van der Waals surface area (Å²) in [5.74, 6) is 0.539. The molecule has 0 N–H and O–H groups in total. The molecule has 3 nitrogen and oxygen atoms in total. The SMILES string of the molecule is COCOc1cc2ccccc2nc1Cl. The zero-order valence-corrected chi connectivity index (χ0v) is 8.99. The minimum absolute atomic E-state index is 0.166. The number of aromatic nitrogens is 1. The number of methoxy groups -OCH3 is 1. The Hall–Kier alpha value is -1.32. The first-order chi connectivity index (χ1) is 7.31. The van der Waals surface area contributed by atoms with Gasteiger partial charge in [0.15, 0.2) is 17.7 Å². The van der Waals surface area contributed by atoms with Crippen molar-refractivity contribution < 1.29 is 9.47 Å². The van der Waals surface area contributed by atoms with Crippen LogP contribution in [0.3, 0.4) is 0 Å². The molecule has 0 radical (unpaired) electrons. The van der Waals surface area contributed by atoms with Crippen molar-refractivity contribution in [3.05, 3.63) is 35.5 Å². The molecule has 1 aromatic carbocycles. The van der Waals surface area contributed by atoms with E-state index in [4.69, 9.17) is 21.1 Å². The van der Waals surface area contributed by atoms with Crippen LogP contribution in [0, 0.1) is 0 Å². The van der Waals surface area contributed by atoms with Gasteiger partial charge in [0, 0.05) is 12.5 Å². The number of rotatable bonds is 3. The number of ether oxygens (including phenoxy) is 2. The van der Waals surface area contributed by atoms with E-state index in [9.17, 15) is 0 Å². The van der Waals surface area contributed by atoms with Gasteiger partial charge in [-0.3, -0.25) is 0 Å². The van der Waals surface area contributed by atoms with Gasteiger partial charge in [-0.1, -0.05) is 29.8 Å². The Morgan fingerprint density at radius 1 is 1.33 bits per heavy atom. The molecule has 0 unspecified atom stereocenters. The highest BCUT2D eigenvalue weighted by Gasteiger charge is 2.05. The van der Waals surface area contributed by atoms with Crippen molar-refractivity contribution in [2.45, 2.75) is 0 Å². The Kier molecular flexibility index (Phi) is 3.04. The maximum Gasteiger partial charge on any atom is 0.188 e. The first-order valence-corrected chi connectivity index (χ1v) is 4.86. The van der Waals surface area contributed by atoms with Crippen molar-refractivity contribution in [2.24, 2.45) is 0 Å². The third kappa shape index (κ3) is 2.19. The Labute approximate surface area is 92.6 Å². The van der Waals surface area contributed by atoms with Crippen LogP contribution in [0.25, 0.3) is 10.9 Å². The average molecular weight is 224 g/mol. The predicted molar refractivity (Wildman–Crippen MR) is 59.3 cm³/mol. The zero-order valence-electron chi connectivity index (χ0n) is 8.24. The van der Waals surface area contributed by atoms with Crippen LogP contribution in [-0.2, 0) is 4.74 Å². The highest BCUT2D eigenvalue weighted by atomic mass is 35.5. The van der Waals surface area contributed by atoms with Crippen LogP contribution in [0.2, 0.25) is 5.15 Å². The van der Waals surface area contributed by atoms with E-state index in [1.165, 1.54) is 0 Å². The van der Waals surface area contributed by atoms with E-state index in [0.29, 0.717) is 10.9 Å². The Bertz CT molecular complexity index is 473. The number of nitrogens with zero attached hydrogens (tertiary/aromatic N) is 1. The van der Waals surface area contributed by atoms with Crippen LogP contribution >= 0.6 is 11.6 Å². The number of para-hydroxylation sites is 1. The van der Waals surface area contributed by atoms with E-state index in [1.807, 2.05) is 30.3 Å². The molecule has 0 atom stereocenters. The highest BCUT2D eigenvalue weighted by molar-refractivity contribution is 6.31. The van der Waals surface area contributed by atoms with E-state index < -0.39 is 0 Å². The van der Waals surface area contributed by atoms with Crippen LogP contribution < -0.4 is 4.74 Å². The molecule has 15 heavy (non-hydrogen) atoms. The minimum atomic E-state index is 0.166. The van der Waals surface area contributed by atoms with Crippen LogP contribution in [0.1, 0.15) is 0 Å². The summed E-state index contributed by atoms with van der Waals surface area (Å²) in [4.78, 5) is 4.21. The zero-order chi connectivity index (χ0) is 10.7. The second kappa shape index (κ2) is 4.47. The van der Waals surface area contributed by atoms with E-state index in [2.05, 4.69) is 4.98 Å². The van der Waals surface area contributed by atoms with Crippen LogP contribution in [-0.4, -0.2) is 18.9 Å². The summed E-state index contributed by atoms with van der Waals surface area (Å²) in [5, 5.41) is 1.35. The van der Waals surface area contributed by atoms with E-state index in [-0.39, 0.29) is 6.79 Å². The smallest absolute Gasteiger partial charge is 0.188 e. The van der Waals surface area contributed by atoms with Crippen molar-refractivity contribution in [1.82, 2.24) is 4.98 Å². The summed E-state index contributed by atoms with van der Waals surface area (Å²) in [7, 11) is 1.56. The van der Waals surface area contributed by atoms with Gasteiger partial charge in [-0.2, -0.15) is 0 Å².